The van der Waals surface area contributed by atoms with Crippen molar-refractivity contribution in [1.82, 2.24) is 4.90 Å². The van der Waals surface area contributed by atoms with Crippen LogP contribution in [0.1, 0.15) is 34.6 Å². The lowest BCUT2D eigenvalue weighted by Crippen LogP contribution is -2.37. The molecule has 0 saturated carbocycles. The Morgan fingerprint density at radius 2 is 1.83 bits per heavy atom. The third-order valence-electron chi connectivity index (χ3n) is 2.52. The molecule has 0 aromatic rings. The van der Waals surface area contributed by atoms with Gasteiger partial charge < -0.3 is 4.90 Å². The zero-order valence-electron chi connectivity index (χ0n) is 9.14. The Morgan fingerprint density at radius 1 is 1.42 bits per heavy atom. The number of carbonyl (C=O) groups excluding carboxylic acids is 1. The third-order valence-corrected chi connectivity index (χ3v) is 2.52. The van der Waals surface area contributed by atoms with Crippen LogP contribution >= 0.6 is 0 Å². The van der Waals surface area contributed by atoms with Crippen LogP contribution < -0.4 is 0 Å². The molecule has 0 fully saturated rings. The second-order valence-corrected chi connectivity index (χ2v) is 4.44. The summed E-state index contributed by atoms with van der Waals surface area (Å²) in [4.78, 5) is 13.4. The first-order valence-corrected chi connectivity index (χ1v) is 4.55. The van der Waals surface area contributed by atoms with Gasteiger partial charge in [-0.2, -0.15) is 0 Å². The Balaban J connectivity index is 4.30. The highest BCUT2D eigenvalue weighted by atomic mass is 16.2. The topological polar surface area (TPSA) is 20.3 Å². The summed E-state index contributed by atoms with van der Waals surface area (Å²) in [7, 11) is 1.85. The molecule has 2 heteroatoms. The van der Waals surface area contributed by atoms with E-state index in [1.807, 2.05) is 20.9 Å². The lowest BCUT2D eigenvalue weighted by atomic mass is 9.81. The second kappa shape index (κ2) is 3.92. The van der Waals surface area contributed by atoms with Crippen molar-refractivity contribution >= 4 is 5.91 Å². The van der Waals surface area contributed by atoms with Crippen LogP contribution in [0, 0.1) is 11.3 Å². The monoisotopic (exact) mass is 171 g/mol. The Morgan fingerprint density at radius 3 is 2.08 bits per heavy atom. The Bertz CT molecular complexity index is 158. The first kappa shape index (κ1) is 11.5. The van der Waals surface area contributed by atoms with Gasteiger partial charge in [-0.25, -0.2) is 0 Å². The molecular weight excluding hydrogens is 150 g/mol. The minimum atomic E-state index is 0.0700. The van der Waals surface area contributed by atoms with E-state index in [1.54, 1.807) is 4.90 Å². The van der Waals surface area contributed by atoms with Gasteiger partial charge in [0, 0.05) is 19.5 Å². The molecule has 0 aliphatic heterocycles. The number of hydrogen-bond donors (Lipinski definition) is 0. The fraction of sp³-hybridized carbons (Fsp3) is 0.900. The third kappa shape index (κ3) is 2.84. The van der Waals surface area contributed by atoms with Crippen molar-refractivity contribution < 1.29 is 4.79 Å². The van der Waals surface area contributed by atoms with Crippen LogP contribution in [0.25, 0.3) is 0 Å². The van der Waals surface area contributed by atoms with Crippen LogP contribution in [-0.2, 0) is 4.79 Å². The molecule has 0 saturated heterocycles. The molecule has 0 N–H and O–H groups in total. The van der Waals surface area contributed by atoms with E-state index < -0.39 is 0 Å². The highest BCUT2D eigenvalue weighted by Gasteiger charge is 2.28. The highest BCUT2D eigenvalue weighted by Crippen LogP contribution is 2.26. The first-order chi connectivity index (χ1) is 5.30. The first-order valence-electron chi connectivity index (χ1n) is 4.55. The van der Waals surface area contributed by atoms with Gasteiger partial charge in [0.05, 0.1) is 0 Å². The summed E-state index contributed by atoms with van der Waals surface area (Å²) in [5.41, 5.74) is 0.0700. The molecule has 0 bridgehead atoms. The molecule has 0 aliphatic rings. The number of carbonyl (C=O) groups is 1. The lowest BCUT2D eigenvalue weighted by Gasteiger charge is -2.29. The minimum Gasteiger partial charge on any atom is -0.346 e. The number of amides is 1. The van der Waals surface area contributed by atoms with Gasteiger partial charge in [0.2, 0.25) is 5.91 Å². The lowest BCUT2D eigenvalue weighted by molar-refractivity contribution is -0.136. The van der Waals surface area contributed by atoms with Crippen LogP contribution in [0.3, 0.4) is 0 Å². The maximum absolute atomic E-state index is 11.6. The van der Waals surface area contributed by atoms with E-state index in [0.29, 0.717) is 0 Å². The van der Waals surface area contributed by atoms with Crippen molar-refractivity contribution in [2.24, 2.45) is 11.3 Å². The zero-order valence-corrected chi connectivity index (χ0v) is 9.14. The van der Waals surface area contributed by atoms with Gasteiger partial charge in [-0.3, -0.25) is 4.79 Å². The van der Waals surface area contributed by atoms with E-state index in [4.69, 9.17) is 0 Å². The van der Waals surface area contributed by atoms with Crippen molar-refractivity contribution in [2.45, 2.75) is 34.6 Å². The average Bonchev–Trinajstić information content (AvgIpc) is 1.98. The molecule has 1 atom stereocenters. The fourth-order valence-electron chi connectivity index (χ4n) is 0.857. The van der Waals surface area contributed by atoms with E-state index in [2.05, 4.69) is 20.8 Å². The molecule has 0 aromatic carbocycles. The van der Waals surface area contributed by atoms with Crippen molar-refractivity contribution in [1.29, 1.82) is 0 Å². The number of hydrogen-bond acceptors (Lipinski definition) is 1. The van der Waals surface area contributed by atoms with Gasteiger partial charge in [0.15, 0.2) is 0 Å². The van der Waals surface area contributed by atoms with E-state index in [9.17, 15) is 4.79 Å². The summed E-state index contributed by atoms with van der Waals surface area (Å²) in [5, 5.41) is 0. The number of nitrogens with zero attached hydrogens (tertiary/aromatic N) is 1. The maximum atomic E-state index is 11.6. The Labute approximate surface area is 75.9 Å². The standard InChI is InChI=1S/C10H21NO/c1-7-11(6)9(12)8(2)10(3,4)5/h8H,7H2,1-6H3/t8-/m0/s1. The predicted octanol–water partition coefficient (Wildman–Crippen LogP) is 2.15. The summed E-state index contributed by atoms with van der Waals surface area (Å²) in [6, 6.07) is 0. The van der Waals surface area contributed by atoms with E-state index in [-0.39, 0.29) is 17.2 Å². The summed E-state index contributed by atoms with van der Waals surface area (Å²) in [6.45, 7) is 11.1. The zero-order chi connectivity index (χ0) is 9.94. The quantitative estimate of drug-likeness (QED) is 0.623. The van der Waals surface area contributed by atoms with Gasteiger partial charge in [0.25, 0.3) is 0 Å². The van der Waals surface area contributed by atoms with E-state index in [1.165, 1.54) is 0 Å². The maximum Gasteiger partial charge on any atom is 0.225 e. The van der Waals surface area contributed by atoms with Crippen molar-refractivity contribution in [3.05, 3.63) is 0 Å². The van der Waals surface area contributed by atoms with Crippen LogP contribution in [0.15, 0.2) is 0 Å². The van der Waals surface area contributed by atoms with Crippen LogP contribution in [-0.4, -0.2) is 24.4 Å². The molecule has 0 unspecified atom stereocenters. The summed E-state index contributed by atoms with van der Waals surface area (Å²) in [6.07, 6.45) is 0. The normalized spacial score (nSPS) is 14.2. The molecule has 0 spiro atoms. The Hall–Kier alpha value is -0.530. The van der Waals surface area contributed by atoms with Gasteiger partial charge in [-0.1, -0.05) is 27.7 Å². The largest absolute Gasteiger partial charge is 0.346 e. The Kier molecular flexibility index (Phi) is 3.75. The summed E-state index contributed by atoms with van der Waals surface area (Å²) < 4.78 is 0. The highest BCUT2D eigenvalue weighted by molar-refractivity contribution is 5.78. The van der Waals surface area contributed by atoms with Crippen molar-refractivity contribution in [3.8, 4) is 0 Å². The van der Waals surface area contributed by atoms with E-state index in [0.717, 1.165) is 6.54 Å². The molecular formula is C10H21NO. The van der Waals surface area contributed by atoms with Gasteiger partial charge in [-0.15, -0.1) is 0 Å². The molecule has 72 valence electrons. The average molecular weight is 171 g/mol. The van der Waals surface area contributed by atoms with Crippen molar-refractivity contribution in [2.75, 3.05) is 13.6 Å². The SMILES string of the molecule is CCN(C)C(=O)[C@H](C)C(C)(C)C. The molecule has 0 aromatic heterocycles. The van der Waals surface area contributed by atoms with Crippen molar-refractivity contribution in [3.63, 3.8) is 0 Å². The molecule has 0 aliphatic carbocycles. The smallest absolute Gasteiger partial charge is 0.225 e. The van der Waals surface area contributed by atoms with Crippen LogP contribution in [0.2, 0.25) is 0 Å². The van der Waals surface area contributed by atoms with Crippen LogP contribution in [0.4, 0.5) is 0 Å². The van der Waals surface area contributed by atoms with Gasteiger partial charge in [0.1, 0.15) is 0 Å². The van der Waals surface area contributed by atoms with Crippen LogP contribution in [0.5, 0.6) is 0 Å². The van der Waals surface area contributed by atoms with E-state index >= 15 is 0 Å². The molecule has 12 heavy (non-hydrogen) atoms. The second-order valence-electron chi connectivity index (χ2n) is 4.44. The number of rotatable bonds is 2. The minimum absolute atomic E-state index is 0.0700. The predicted molar refractivity (Wildman–Crippen MR) is 51.9 cm³/mol. The van der Waals surface area contributed by atoms with Gasteiger partial charge >= 0.3 is 0 Å². The fourth-order valence-corrected chi connectivity index (χ4v) is 0.857. The molecule has 0 heterocycles. The summed E-state index contributed by atoms with van der Waals surface area (Å²) in [5.74, 6) is 0.340. The van der Waals surface area contributed by atoms with Gasteiger partial charge in [-0.05, 0) is 12.3 Å². The molecule has 2 nitrogen and oxygen atoms in total. The molecule has 0 radical (unpaired) electrons. The molecule has 1 amide bonds. The molecule has 0 rings (SSSR count). The summed E-state index contributed by atoms with van der Waals surface area (Å²) >= 11 is 0.